The standard InChI is InChI=1S/C45H32N4/c46-30-40-41(47-31-14-4-1-5-15-31)28-29-42-43(40)44-38-22-12-10-20-36(38)37-21-11-13-23-39(37)45(44)49(42)35-26-24-34(25-27-35)48(32-16-6-2-7-17-32)33-18-8-3-9-19-33/h1-30,46-47H. The first kappa shape index (κ1) is 28.6. The second-order valence-electron chi connectivity index (χ2n) is 12.2. The van der Waals surface area contributed by atoms with Crippen LogP contribution in [0.3, 0.4) is 0 Å². The molecule has 232 valence electrons. The van der Waals surface area contributed by atoms with E-state index in [1.807, 2.05) is 18.2 Å². The van der Waals surface area contributed by atoms with Crippen molar-refractivity contribution in [2.24, 2.45) is 0 Å². The van der Waals surface area contributed by atoms with Crippen molar-refractivity contribution in [3.05, 3.63) is 181 Å². The van der Waals surface area contributed by atoms with E-state index in [-0.39, 0.29) is 0 Å². The molecular weight excluding hydrogens is 597 g/mol. The summed E-state index contributed by atoms with van der Waals surface area (Å²) >= 11 is 0. The number of para-hydroxylation sites is 3. The summed E-state index contributed by atoms with van der Waals surface area (Å²) in [6.07, 6.45) is 1.50. The lowest BCUT2D eigenvalue weighted by Crippen LogP contribution is -2.09. The van der Waals surface area contributed by atoms with Crippen LogP contribution in [0.1, 0.15) is 5.56 Å². The van der Waals surface area contributed by atoms with Crippen LogP contribution in [0.5, 0.6) is 0 Å². The van der Waals surface area contributed by atoms with E-state index in [0.717, 1.165) is 61.5 Å². The number of fused-ring (bicyclic) bond motifs is 8. The predicted molar refractivity (Wildman–Crippen MR) is 208 cm³/mol. The number of hydrogen-bond donors (Lipinski definition) is 2. The molecule has 0 bridgehead atoms. The number of anilines is 5. The Balaban J connectivity index is 1.33. The minimum atomic E-state index is 0.862. The average Bonchev–Trinajstić information content (AvgIpc) is 3.52. The van der Waals surface area contributed by atoms with E-state index in [9.17, 15) is 0 Å². The molecular formula is C45H32N4. The molecule has 0 saturated heterocycles. The minimum Gasteiger partial charge on any atom is -0.355 e. The second-order valence-corrected chi connectivity index (χ2v) is 12.2. The van der Waals surface area contributed by atoms with Crippen LogP contribution in [0.25, 0.3) is 49.0 Å². The van der Waals surface area contributed by atoms with Gasteiger partial charge in [-0.15, -0.1) is 0 Å². The van der Waals surface area contributed by atoms with Crippen molar-refractivity contribution in [3.63, 3.8) is 0 Å². The third kappa shape index (κ3) is 4.73. The predicted octanol–water partition coefficient (Wildman–Crippen LogP) is 12.3. The molecule has 0 fully saturated rings. The monoisotopic (exact) mass is 628 g/mol. The Kier molecular flexibility index (Phi) is 6.91. The van der Waals surface area contributed by atoms with Crippen LogP contribution < -0.4 is 10.2 Å². The van der Waals surface area contributed by atoms with Crippen molar-refractivity contribution in [3.8, 4) is 5.69 Å². The van der Waals surface area contributed by atoms with Crippen LogP contribution in [0.15, 0.2) is 176 Å². The summed E-state index contributed by atoms with van der Waals surface area (Å²) in [5.74, 6) is 0. The summed E-state index contributed by atoms with van der Waals surface area (Å²) in [6, 6.07) is 61.7. The van der Waals surface area contributed by atoms with Gasteiger partial charge in [-0.05, 0) is 89.0 Å². The normalized spacial score (nSPS) is 11.3. The van der Waals surface area contributed by atoms with E-state index in [0.29, 0.717) is 0 Å². The topological polar surface area (TPSA) is 44.1 Å². The van der Waals surface area contributed by atoms with Crippen LogP contribution >= 0.6 is 0 Å². The van der Waals surface area contributed by atoms with Gasteiger partial charge < -0.3 is 20.2 Å². The van der Waals surface area contributed by atoms with Crippen LogP contribution in [-0.2, 0) is 0 Å². The van der Waals surface area contributed by atoms with Gasteiger partial charge in [-0.25, -0.2) is 0 Å². The molecule has 0 aliphatic carbocycles. The van der Waals surface area contributed by atoms with E-state index in [1.54, 1.807) is 0 Å². The van der Waals surface area contributed by atoms with Crippen molar-refractivity contribution < 1.29 is 0 Å². The number of aromatic nitrogens is 1. The van der Waals surface area contributed by atoms with E-state index >= 15 is 0 Å². The number of nitrogens with one attached hydrogen (secondary N) is 2. The van der Waals surface area contributed by atoms with Gasteiger partial charge in [0.05, 0.1) is 11.0 Å². The van der Waals surface area contributed by atoms with Gasteiger partial charge in [0.25, 0.3) is 0 Å². The third-order valence-electron chi connectivity index (χ3n) is 9.44. The Bertz CT molecular complexity index is 2590. The van der Waals surface area contributed by atoms with Crippen molar-refractivity contribution in [1.82, 2.24) is 4.57 Å². The van der Waals surface area contributed by atoms with Gasteiger partial charge in [-0.2, -0.15) is 0 Å². The lowest BCUT2D eigenvalue weighted by Gasteiger charge is -2.25. The van der Waals surface area contributed by atoms with E-state index in [4.69, 9.17) is 5.41 Å². The van der Waals surface area contributed by atoms with Crippen molar-refractivity contribution >= 4 is 78.0 Å². The zero-order valence-electron chi connectivity index (χ0n) is 26.7. The number of nitrogens with zero attached hydrogens (tertiary/aromatic N) is 2. The molecule has 0 aliphatic heterocycles. The fraction of sp³-hybridized carbons (Fsp3) is 0. The lowest BCUT2D eigenvalue weighted by atomic mass is 9.95. The molecule has 4 heteroatoms. The molecule has 4 nitrogen and oxygen atoms in total. The first-order valence-corrected chi connectivity index (χ1v) is 16.5. The Morgan fingerprint density at radius 1 is 0.469 bits per heavy atom. The largest absolute Gasteiger partial charge is 0.355 e. The Morgan fingerprint density at radius 3 is 1.59 bits per heavy atom. The van der Waals surface area contributed by atoms with Crippen LogP contribution in [0, 0.1) is 5.41 Å². The maximum atomic E-state index is 8.75. The molecule has 8 aromatic carbocycles. The van der Waals surface area contributed by atoms with Crippen LogP contribution in [0.4, 0.5) is 28.4 Å². The van der Waals surface area contributed by atoms with Gasteiger partial charge in [0, 0.05) is 62.1 Å². The molecule has 2 N–H and O–H groups in total. The zero-order valence-corrected chi connectivity index (χ0v) is 26.7. The van der Waals surface area contributed by atoms with Gasteiger partial charge in [0.1, 0.15) is 0 Å². The smallest absolute Gasteiger partial charge is 0.0626 e. The molecule has 1 aromatic heterocycles. The van der Waals surface area contributed by atoms with Gasteiger partial charge >= 0.3 is 0 Å². The maximum Gasteiger partial charge on any atom is 0.0626 e. The zero-order chi connectivity index (χ0) is 32.7. The highest BCUT2D eigenvalue weighted by Gasteiger charge is 2.22. The van der Waals surface area contributed by atoms with Gasteiger partial charge in [-0.3, -0.25) is 0 Å². The van der Waals surface area contributed by atoms with Crippen LogP contribution in [-0.4, -0.2) is 10.8 Å². The van der Waals surface area contributed by atoms with Crippen molar-refractivity contribution in [1.29, 1.82) is 5.41 Å². The minimum absolute atomic E-state index is 0.862. The summed E-state index contributed by atoms with van der Waals surface area (Å²) < 4.78 is 2.39. The molecule has 0 unspecified atom stereocenters. The molecule has 49 heavy (non-hydrogen) atoms. The number of rotatable bonds is 7. The highest BCUT2D eigenvalue weighted by molar-refractivity contribution is 6.34. The molecule has 0 radical (unpaired) electrons. The number of hydrogen-bond acceptors (Lipinski definition) is 3. The summed E-state index contributed by atoms with van der Waals surface area (Å²) in [5.41, 5.74) is 9.29. The van der Waals surface area contributed by atoms with Crippen molar-refractivity contribution in [2.75, 3.05) is 10.2 Å². The summed E-state index contributed by atoms with van der Waals surface area (Å²) in [5, 5.41) is 19.3. The summed E-state index contributed by atoms with van der Waals surface area (Å²) in [4.78, 5) is 2.28. The maximum absolute atomic E-state index is 8.75. The second kappa shape index (κ2) is 11.9. The first-order valence-electron chi connectivity index (χ1n) is 16.5. The van der Waals surface area contributed by atoms with E-state index in [1.165, 1.54) is 27.8 Å². The average molecular weight is 629 g/mol. The molecule has 9 aromatic rings. The molecule has 0 amide bonds. The highest BCUT2D eigenvalue weighted by Crippen LogP contribution is 2.45. The Morgan fingerprint density at radius 2 is 0.980 bits per heavy atom. The fourth-order valence-corrected chi connectivity index (χ4v) is 7.34. The molecule has 0 aliphatic rings. The Hall–Kier alpha value is -6.65. The van der Waals surface area contributed by atoms with E-state index in [2.05, 4.69) is 173 Å². The fourth-order valence-electron chi connectivity index (χ4n) is 7.34. The first-order chi connectivity index (χ1) is 24.3. The quantitative estimate of drug-likeness (QED) is 0.136. The van der Waals surface area contributed by atoms with E-state index < -0.39 is 0 Å². The molecule has 0 atom stereocenters. The number of benzene rings is 8. The molecule has 9 rings (SSSR count). The summed E-state index contributed by atoms with van der Waals surface area (Å²) in [6.45, 7) is 0. The van der Waals surface area contributed by atoms with Gasteiger partial charge in [-0.1, -0.05) is 103 Å². The summed E-state index contributed by atoms with van der Waals surface area (Å²) in [7, 11) is 0. The Labute approximate surface area is 284 Å². The highest BCUT2D eigenvalue weighted by atomic mass is 15.1. The lowest BCUT2D eigenvalue weighted by molar-refractivity contribution is 1.18. The van der Waals surface area contributed by atoms with Gasteiger partial charge in [0.15, 0.2) is 0 Å². The molecule has 0 saturated carbocycles. The third-order valence-corrected chi connectivity index (χ3v) is 9.44. The molecule has 1 heterocycles. The SMILES string of the molecule is N=Cc1c(Nc2ccccc2)ccc2c1c1c3ccccc3c3ccccc3c1n2-c1ccc(N(c2ccccc2)c2ccccc2)cc1. The molecule has 0 spiro atoms. The van der Waals surface area contributed by atoms with Crippen molar-refractivity contribution in [2.45, 2.75) is 0 Å². The van der Waals surface area contributed by atoms with Crippen LogP contribution in [0.2, 0.25) is 0 Å². The van der Waals surface area contributed by atoms with Gasteiger partial charge in [0.2, 0.25) is 0 Å².